The van der Waals surface area contributed by atoms with Crippen molar-refractivity contribution in [2.45, 2.75) is 13.3 Å². The van der Waals surface area contributed by atoms with Crippen LogP contribution < -0.4 is 5.73 Å². The average molecular weight is 303 g/mol. The lowest BCUT2D eigenvalue weighted by molar-refractivity contribution is 0.0917. The van der Waals surface area contributed by atoms with Gasteiger partial charge in [0.05, 0.1) is 17.6 Å². The molecule has 0 amide bonds. The average Bonchev–Trinajstić information content (AvgIpc) is 3.11. The predicted octanol–water partition coefficient (Wildman–Crippen LogP) is 3.90. The van der Waals surface area contributed by atoms with Gasteiger partial charge in [-0.05, 0) is 42.1 Å². The van der Waals surface area contributed by atoms with Crippen LogP contribution in [0.1, 0.15) is 16.1 Å². The molecule has 0 spiro atoms. The van der Waals surface area contributed by atoms with Gasteiger partial charge in [-0.1, -0.05) is 24.3 Å². The number of carbonyl (C=O) groups excluding carboxylic acids is 1. The van der Waals surface area contributed by atoms with Crippen molar-refractivity contribution in [1.82, 2.24) is 9.55 Å². The quantitative estimate of drug-likeness (QED) is 0.590. The molecule has 4 nitrogen and oxygen atoms in total. The summed E-state index contributed by atoms with van der Waals surface area (Å²) in [5.74, 6) is 0.0327. The van der Waals surface area contributed by atoms with Crippen LogP contribution in [0.25, 0.3) is 21.8 Å². The summed E-state index contributed by atoms with van der Waals surface area (Å²) < 4.78 is 1.73. The Hall–Kier alpha value is -3.01. The molecule has 4 heteroatoms. The molecule has 0 aliphatic rings. The molecule has 0 radical (unpaired) electrons. The maximum absolute atomic E-state index is 12.8. The van der Waals surface area contributed by atoms with E-state index in [1.165, 1.54) is 0 Å². The molecular formula is C19H17N3O. The molecule has 0 bridgehead atoms. The van der Waals surface area contributed by atoms with E-state index in [0.717, 1.165) is 33.1 Å². The normalized spacial score (nSPS) is 11.3. The van der Waals surface area contributed by atoms with Crippen LogP contribution in [0, 0.1) is 6.92 Å². The number of anilines is 1. The fourth-order valence-electron chi connectivity index (χ4n) is 3.18. The zero-order chi connectivity index (χ0) is 16.0. The van der Waals surface area contributed by atoms with Gasteiger partial charge in [-0.15, -0.1) is 0 Å². The number of hydrogen-bond donors (Lipinski definition) is 2. The van der Waals surface area contributed by atoms with Crippen LogP contribution in [0.15, 0.2) is 54.7 Å². The van der Waals surface area contributed by atoms with Crippen LogP contribution in [0.4, 0.5) is 5.69 Å². The van der Waals surface area contributed by atoms with Crippen molar-refractivity contribution in [3.05, 3.63) is 66.0 Å². The van der Waals surface area contributed by atoms with Crippen molar-refractivity contribution in [3.8, 4) is 0 Å². The van der Waals surface area contributed by atoms with Gasteiger partial charge in [0.15, 0.2) is 0 Å². The monoisotopic (exact) mass is 303 g/mol. The van der Waals surface area contributed by atoms with Crippen molar-refractivity contribution in [2.24, 2.45) is 0 Å². The molecular weight excluding hydrogens is 286 g/mol. The summed E-state index contributed by atoms with van der Waals surface area (Å²) in [6.07, 6.45) is 2.25. The highest BCUT2D eigenvalue weighted by Gasteiger charge is 2.17. The van der Waals surface area contributed by atoms with Crippen molar-refractivity contribution >= 4 is 33.4 Å². The highest BCUT2D eigenvalue weighted by molar-refractivity contribution is 6.01. The van der Waals surface area contributed by atoms with Crippen LogP contribution >= 0.6 is 0 Å². The van der Waals surface area contributed by atoms with Gasteiger partial charge in [0.2, 0.25) is 5.91 Å². The first-order valence-corrected chi connectivity index (χ1v) is 7.60. The molecule has 4 aromatic rings. The number of H-pyrrole nitrogens is 1. The Kier molecular flexibility index (Phi) is 2.98. The second-order valence-corrected chi connectivity index (χ2v) is 5.82. The standard InChI is InChI=1S/C19H17N3O/c1-12-19(20)15-4-2-3-5-17(15)22(12)18(23)11-13-6-7-16-14(10-13)8-9-21-16/h2-10,21H,11,20H2,1H3. The van der Waals surface area contributed by atoms with E-state index in [2.05, 4.69) is 4.98 Å². The topological polar surface area (TPSA) is 63.8 Å². The zero-order valence-corrected chi connectivity index (χ0v) is 12.8. The summed E-state index contributed by atoms with van der Waals surface area (Å²) in [7, 11) is 0. The van der Waals surface area contributed by atoms with Crippen LogP contribution in [-0.4, -0.2) is 15.5 Å². The van der Waals surface area contributed by atoms with Crippen molar-refractivity contribution in [2.75, 3.05) is 5.73 Å². The molecule has 2 aromatic carbocycles. The molecule has 0 atom stereocenters. The lowest BCUT2D eigenvalue weighted by Gasteiger charge is -2.07. The number of nitrogens with one attached hydrogen (secondary N) is 1. The third-order valence-electron chi connectivity index (χ3n) is 4.38. The van der Waals surface area contributed by atoms with Gasteiger partial charge in [0, 0.05) is 22.8 Å². The second-order valence-electron chi connectivity index (χ2n) is 5.82. The molecule has 0 aliphatic heterocycles. The molecule has 23 heavy (non-hydrogen) atoms. The number of nitrogens with two attached hydrogens (primary N) is 1. The van der Waals surface area contributed by atoms with Crippen LogP contribution in [0.3, 0.4) is 0 Å². The van der Waals surface area contributed by atoms with Gasteiger partial charge in [-0.2, -0.15) is 0 Å². The number of nitrogens with zero attached hydrogens (tertiary/aromatic N) is 1. The van der Waals surface area contributed by atoms with Crippen LogP contribution in [0.2, 0.25) is 0 Å². The maximum atomic E-state index is 12.8. The Balaban J connectivity index is 1.76. The molecule has 114 valence electrons. The van der Waals surface area contributed by atoms with E-state index in [4.69, 9.17) is 5.73 Å². The summed E-state index contributed by atoms with van der Waals surface area (Å²) >= 11 is 0. The molecule has 2 heterocycles. The first-order chi connectivity index (χ1) is 11.1. The molecule has 0 saturated carbocycles. The number of carbonyl (C=O) groups is 1. The Morgan fingerprint density at radius 1 is 1.17 bits per heavy atom. The molecule has 0 unspecified atom stereocenters. The lowest BCUT2D eigenvalue weighted by Crippen LogP contribution is -2.15. The number of benzene rings is 2. The van der Waals surface area contributed by atoms with Crippen LogP contribution in [0.5, 0.6) is 0 Å². The van der Waals surface area contributed by atoms with E-state index in [1.54, 1.807) is 4.57 Å². The molecule has 4 rings (SSSR count). The Morgan fingerprint density at radius 2 is 2.00 bits per heavy atom. The first kappa shape index (κ1) is 13.6. The van der Waals surface area contributed by atoms with Gasteiger partial charge in [-0.3, -0.25) is 9.36 Å². The molecule has 2 aromatic heterocycles. The van der Waals surface area contributed by atoms with Crippen LogP contribution in [-0.2, 0) is 6.42 Å². The number of para-hydroxylation sites is 1. The molecule has 0 saturated heterocycles. The van der Waals surface area contributed by atoms with E-state index in [9.17, 15) is 4.79 Å². The number of hydrogen-bond acceptors (Lipinski definition) is 2. The fourth-order valence-corrected chi connectivity index (χ4v) is 3.18. The summed E-state index contributed by atoms with van der Waals surface area (Å²) in [6.45, 7) is 1.89. The van der Waals surface area contributed by atoms with E-state index >= 15 is 0 Å². The minimum Gasteiger partial charge on any atom is -0.397 e. The molecule has 0 fully saturated rings. The predicted molar refractivity (Wildman–Crippen MR) is 93.7 cm³/mol. The Bertz CT molecular complexity index is 1040. The minimum absolute atomic E-state index is 0.0327. The smallest absolute Gasteiger partial charge is 0.235 e. The number of rotatable bonds is 2. The van der Waals surface area contributed by atoms with Crippen molar-refractivity contribution in [3.63, 3.8) is 0 Å². The number of aromatic amines is 1. The second kappa shape index (κ2) is 5.02. The van der Waals surface area contributed by atoms with Gasteiger partial charge < -0.3 is 10.7 Å². The Morgan fingerprint density at radius 3 is 2.87 bits per heavy atom. The van der Waals surface area contributed by atoms with E-state index < -0.39 is 0 Å². The SMILES string of the molecule is Cc1c(N)c2ccccc2n1C(=O)Cc1ccc2[nH]ccc2c1. The first-order valence-electron chi connectivity index (χ1n) is 7.60. The van der Waals surface area contributed by atoms with Gasteiger partial charge in [0.1, 0.15) is 0 Å². The number of nitrogen functional groups attached to an aromatic ring is 1. The number of fused-ring (bicyclic) bond motifs is 2. The van der Waals surface area contributed by atoms with E-state index in [-0.39, 0.29) is 5.91 Å². The summed E-state index contributed by atoms with van der Waals surface area (Å²) in [6, 6.07) is 15.8. The summed E-state index contributed by atoms with van der Waals surface area (Å²) in [5.41, 5.74) is 10.6. The highest BCUT2D eigenvalue weighted by atomic mass is 16.2. The summed E-state index contributed by atoms with van der Waals surface area (Å²) in [5, 5.41) is 2.04. The van der Waals surface area contributed by atoms with Gasteiger partial charge in [0.25, 0.3) is 0 Å². The van der Waals surface area contributed by atoms with Gasteiger partial charge in [-0.25, -0.2) is 0 Å². The van der Waals surface area contributed by atoms with Crippen molar-refractivity contribution < 1.29 is 4.79 Å². The molecule has 0 aliphatic carbocycles. The Labute approximate surface area is 133 Å². The van der Waals surface area contributed by atoms with E-state index in [0.29, 0.717) is 12.1 Å². The maximum Gasteiger partial charge on any atom is 0.235 e. The highest BCUT2D eigenvalue weighted by Crippen LogP contribution is 2.28. The largest absolute Gasteiger partial charge is 0.397 e. The molecule has 3 N–H and O–H groups in total. The third kappa shape index (κ3) is 2.11. The summed E-state index contributed by atoms with van der Waals surface area (Å²) in [4.78, 5) is 16.0. The van der Waals surface area contributed by atoms with E-state index in [1.807, 2.05) is 61.7 Å². The van der Waals surface area contributed by atoms with Gasteiger partial charge >= 0.3 is 0 Å². The third-order valence-corrected chi connectivity index (χ3v) is 4.38. The van der Waals surface area contributed by atoms with Crippen molar-refractivity contribution in [1.29, 1.82) is 0 Å². The lowest BCUT2D eigenvalue weighted by atomic mass is 10.1. The fraction of sp³-hybridized carbons (Fsp3) is 0.105. The zero-order valence-electron chi connectivity index (χ0n) is 12.8. The number of aromatic nitrogens is 2. The minimum atomic E-state index is 0.0327.